The second-order valence-electron chi connectivity index (χ2n) is 5.45. The van der Waals surface area contributed by atoms with E-state index < -0.39 is 0 Å². The van der Waals surface area contributed by atoms with Gasteiger partial charge in [-0.05, 0) is 25.0 Å². The minimum atomic E-state index is 0.357. The van der Waals surface area contributed by atoms with Crippen LogP contribution in [0.3, 0.4) is 0 Å². The van der Waals surface area contributed by atoms with E-state index >= 15 is 0 Å². The molecule has 0 N–H and O–H groups in total. The van der Waals surface area contributed by atoms with Crippen molar-refractivity contribution in [1.82, 2.24) is 9.55 Å². The Hall–Kier alpha value is -1.90. The molecule has 1 heterocycles. The Labute approximate surface area is 119 Å². The van der Waals surface area contributed by atoms with Gasteiger partial charge in [0, 0.05) is 25.8 Å². The van der Waals surface area contributed by atoms with Gasteiger partial charge in [-0.1, -0.05) is 30.7 Å². The zero-order valence-corrected chi connectivity index (χ0v) is 11.9. The van der Waals surface area contributed by atoms with Crippen molar-refractivity contribution in [2.45, 2.75) is 45.6 Å². The summed E-state index contributed by atoms with van der Waals surface area (Å²) in [6.45, 7) is 3.19. The van der Waals surface area contributed by atoms with Crippen molar-refractivity contribution in [2.24, 2.45) is 0 Å². The Morgan fingerprint density at radius 1 is 1.25 bits per heavy atom. The first kappa shape index (κ1) is 13.1. The predicted molar refractivity (Wildman–Crippen MR) is 80.7 cm³/mol. The standard InChI is InChI=1S/C17H20N2O/c1-2-11-19-16-6-4-3-5-15(16)18-17(19)12-13-7-9-14(20)10-8-13/h3-7H,2,8-12H2,1H3. The summed E-state index contributed by atoms with van der Waals surface area (Å²) >= 11 is 0. The van der Waals surface area contributed by atoms with Gasteiger partial charge >= 0.3 is 0 Å². The molecule has 0 atom stereocenters. The maximum Gasteiger partial charge on any atom is 0.136 e. The second-order valence-corrected chi connectivity index (χ2v) is 5.45. The van der Waals surface area contributed by atoms with E-state index in [1.807, 2.05) is 6.07 Å². The molecule has 20 heavy (non-hydrogen) atoms. The van der Waals surface area contributed by atoms with Gasteiger partial charge in [0.2, 0.25) is 0 Å². The number of aromatic nitrogens is 2. The topological polar surface area (TPSA) is 34.9 Å². The van der Waals surface area contributed by atoms with E-state index in [-0.39, 0.29) is 0 Å². The number of Topliss-reactive ketones (excluding diaryl/α,β-unsaturated/α-hetero) is 1. The number of ketones is 1. The third kappa shape index (κ3) is 2.53. The molecule has 3 heteroatoms. The molecule has 0 amide bonds. The van der Waals surface area contributed by atoms with Crippen LogP contribution in [-0.2, 0) is 17.8 Å². The molecule has 2 aromatic rings. The van der Waals surface area contributed by atoms with Crippen molar-refractivity contribution in [2.75, 3.05) is 0 Å². The number of rotatable bonds is 4. The highest BCUT2D eigenvalue weighted by atomic mass is 16.1. The molecule has 0 unspecified atom stereocenters. The van der Waals surface area contributed by atoms with E-state index in [1.54, 1.807) is 0 Å². The number of hydrogen-bond donors (Lipinski definition) is 0. The zero-order valence-electron chi connectivity index (χ0n) is 11.9. The molecule has 104 valence electrons. The van der Waals surface area contributed by atoms with Crippen molar-refractivity contribution in [3.05, 3.63) is 41.7 Å². The Kier molecular flexibility index (Phi) is 3.68. The molecular formula is C17H20N2O. The molecule has 1 aliphatic rings. The average molecular weight is 268 g/mol. The summed E-state index contributed by atoms with van der Waals surface area (Å²) in [5.41, 5.74) is 3.65. The SMILES string of the molecule is CCCn1c(CC2=CCC(=O)CC2)nc2ccccc21. The Bertz CT molecular complexity index is 667. The van der Waals surface area contributed by atoms with Gasteiger partial charge in [-0.3, -0.25) is 4.79 Å². The van der Waals surface area contributed by atoms with Crippen LogP contribution in [0, 0.1) is 0 Å². The molecule has 0 saturated carbocycles. The number of carbonyl (C=O) groups is 1. The summed E-state index contributed by atoms with van der Waals surface area (Å²) in [5.74, 6) is 1.49. The number of aryl methyl sites for hydroxylation is 1. The molecule has 0 bridgehead atoms. The van der Waals surface area contributed by atoms with Crippen LogP contribution in [0.25, 0.3) is 11.0 Å². The smallest absolute Gasteiger partial charge is 0.136 e. The molecule has 1 aromatic carbocycles. The number of hydrogen-bond acceptors (Lipinski definition) is 2. The maximum absolute atomic E-state index is 11.3. The van der Waals surface area contributed by atoms with E-state index in [9.17, 15) is 4.79 Å². The van der Waals surface area contributed by atoms with Crippen LogP contribution in [0.4, 0.5) is 0 Å². The first-order valence-corrected chi connectivity index (χ1v) is 7.41. The maximum atomic E-state index is 11.3. The first-order valence-electron chi connectivity index (χ1n) is 7.41. The lowest BCUT2D eigenvalue weighted by molar-refractivity contribution is -0.118. The number of nitrogens with zero attached hydrogens (tertiary/aromatic N) is 2. The fourth-order valence-corrected chi connectivity index (χ4v) is 2.86. The van der Waals surface area contributed by atoms with Crippen molar-refractivity contribution in [3.63, 3.8) is 0 Å². The molecule has 0 spiro atoms. The van der Waals surface area contributed by atoms with Crippen LogP contribution < -0.4 is 0 Å². The van der Waals surface area contributed by atoms with Gasteiger partial charge in [0.05, 0.1) is 11.0 Å². The lowest BCUT2D eigenvalue weighted by atomic mass is 9.96. The number of fused-ring (bicyclic) bond motifs is 1. The Balaban J connectivity index is 1.94. The Morgan fingerprint density at radius 3 is 2.85 bits per heavy atom. The van der Waals surface area contributed by atoms with Crippen molar-refractivity contribution in [3.8, 4) is 0 Å². The third-order valence-electron chi connectivity index (χ3n) is 3.91. The third-order valence-corrected chi connectivity index (χ3v) is 3.91. The lowest BCUT2D eigenvalue weighted by Gasteiger charge is -2.13. The number of carbonyl (C=O) groups excluding carboxylic acids is 1. The van der Waals surface area contributed by atoms with Gasteiger partial charge < -0.3 is 4.57 Å². The summed E-state index contributed by atoms with van der Waals surface area (Å²) in [7, 11) is 0. The molecule has 3 rings (SSSR count). The highest BCUT2D eigenvalue weighted by Crippen LogP contribution is 2.22. The summed E-state index contributed by atoms with van der Waals surface area (Å²) < 4.78 is 2.33. The van der Waals surface area contributed by atoms with E-state index in [0.717, 1.165) is 37.1 Å². The fraction of sp³-hybridized carbons (Fsp3) is 0.412. The fourth-order valence-electron chi connectivity index (χ4n) is 2.86. The van der Waals surface area contributed by atoms with Gasteiger partial charge in [-0.25, -0.2) is 4.98 Å². The second kappa shape index (κ2) is 5.61. The summed E-state index contributed by atoms with van der Waals surface area (Å²) in [5, 5.41) is 0. The van der Waals surface area contributed by atoms with Crippen LogP contribution in [0.5, 0.6) is 0 Å². The van der Waals surface area contributed by atoms with E-state index in [0.29, 0.717) is 18.6 Å². The molecule has 0 fully saturated rings. The zero-order chi connectivity index (χ0) is 13.9. The van der Waals surface area contributed by atoms with Gasteiger partial charge in [0.25, 0.3) is 0 Å². The number of benzene rings is 1. The normalized spacial score (nSPS) is 15.7. The van der Waals surface area contributed by atoms with E-state index in [4.69, 9.17) is 4.98 Å². The quantitative estimate of drug-likeness (QED) is 0.793. The van der Waals surface area contributed by atoms with Gasteiger partial charge in [0.15, 0.2) is 0 Å². The highest BCUT2D eigenvalue weighted by molar-refractivity contribution is 5.81. The predicted octanol–water partition coefficient (Wildman–Crippen LogP) is 3.67. The monoisotopic (exact) mass is 268 g/mol. The number of para-hydroxylation sites is 2. The van der Waals surface area contributed by atoms with Crippen LogP contribution >= 0.6 is 0 Å². The molecular weight excluding hydrogens is 248 g/mol. The summed E-state index contributed by atoms with van der Waals surface area (Å²) in [6.07, 6.45) is 6.27. The van der Waals surface area contributed by atoms with Gasteiger partial charge in [-0.2, -0.15) is 0 Å². The van der Waals surface area contributed by atoms with Crippen LogP contribution in [0.2, 0.25) is 0 Å². The Morgan fingerprint density at radius 2 is 2.10 bits per heavy atom. The number of allylic oxidation sites excluding steroid dienone is 2. The first-order chi connectivity index (χ1) is 9.78. The molecule has 0 aliphatic heterocycles. The average Bonchev–Trinajstić information content (AvgIpc) is 2.80. The van der Waals surface area contributed by atoms with Crippen LogP contribution in [0.15, 0.2) is 35.9 Å². The minimum absolute atomic E-state index is 0.357. The van der Waals surface area contributed by atoms with Crippen molar-refractivity contribution >= 4 is 16.8 Å². The lowest BCUT2D eigenvalue weighted by Crippen LogP contribution is -2.09. The molecule has 3 nitrogen and oxygen atoms in total. The minimum Gasteiger partial charge on any atom is -0.328 e. The summed E-state index contributed by atoms with van der Waals surface area (Å²) in [4.78, 5) is 16.1. The largest absolute Gasteiger partial charge is 0.328 e. The van der Waals surface area contributed by atoms with Gasteiger partial charge in [0.1, 0.15) is 11.6 Å². The molecule has 0 radical (unpaired) electrons. The molecule has 1 aromatic heterocycles. The van der Waals surface area contributed by atoms with E-state index in [2.05, 4.69) is 35.8 Å². The van der Waals surface area contributed by atoms with Crippen molar-refractivity contribution in [1.29, 1.82) is 0 Å². The van der Waals surface area contributed by atoms with Gasteiger partial charge in [-0.15, -0.1) is 0 Å². The summed E-state index contributed by atoms with van der Waals surface area (Å²) in [6, 6.07) is 8.32. The van der Waals surface area contributed by atoms with E-state index in [1.165, 1.54) is 11.1 Å². The van der Waals surface area contributed by atoms with Crippen molar-refractivity contribution < 1.29 is 4.79 Å². The highest BCUT2D eigenvalue weighted by Gasteiger charge is 2.15. The van der Waals surface area contributed by atoms with Crippen LogP contribution in [0.1, 0.15) is 38.4 Å². The number of imidazole rings is 1. The molecule has 0 saturated heterocycles. The molecule has 1 aliphatic carbocycles. The van der Waals surface area contributed by atoms with Crippen LogP contribution in [-0.4, -0.2) is 15.3 Å².